The summed E-state index contributed by atoms with van der Waals surface area (Å²) in [6.07, 6.45) is -1.32. The lowest BCUT2D eigenvalue weighted by molar-refractivity contribution is -0.128. The first-order valence-electron chi connectivity index (χ1n) is 17.6. The van der Waals surface area contributed by atoms with Gasteiger partial charge in [0.1, 0.15) is 17.6 Å². The van der Waals surface area contributed by atoms with E-state index < -0.39 is 12.6 Å². The quantitative estimate of drug-likeness (QED) is 0.219. The van der Waals surface area contributed by atoms with Gasteiger partial charge in [0.2, 0.25) is 0 Å². The summed E-state index contributed by atoms with van der Waals surface area (Å²) in [5.74, 6) is 0.281. The largest absolute Gasteiger partial charge is 0.467 e. The second-order valence-corrected chi connectivity index (χ2v) is 13.7. The molecular formula is C37H51F3N8O. The van der Waals surface area contributed by atoms with Crippen LogP contribution in [0, 0.1) is 31.1 Å². The van der Waals surface area contributed by atoms with Crippen LogP contribution in [0.25, 0.3) is 17.0 Å². The minimum Gasteiger partial charge on any atom is -0.467 e. The van der Waals surface area contributed by atoms with Crippen LogP contribution >= 0.6 is 0 Å². The number of piperidine rings is 1. The summed E-state index contributed by atoms with van der Waals surface area (Å²) >= 11 is 0. The third-order valence-corrected chi connectivity index (χ3v) is 10.4. The van der Waals surface area contributed by atoms with Crippen molar-refractivity contribution in [2.75, 3.05) is 51.7 Å². The number of anilines is 1. The fourth-order valence-electron chi connectivity index (χ4n) is 7.13. The van der Waals surface area contributed by atoms with Crippen molar-refractivity contribution < 1.29 is 17.9 Å². The number of ether oxygens (including phenoxy) is 1. The van der Waals surface area contributed by atoms with Gasteiger partial charge in [-0.25, -0.2) is 0 Å². The average Bonchev–Trinajstić information content (AvgIpc) is 3.44. The Labute approximate surface area is 288 Å². The number of aromatic nitrogens is 3. The molecule has 5 rings (SSSR count). The van der Waals surface area contributed by atoms with E-state index in [1.807, 2.05) is 19.9 Å². The van der Waals surface area contributed by atoms with Crippen molar-refractivity contribution in [3.63, 3.8) is 0 Å². The number of fused-ring (bicyclic) bond motifs is 1. The number of hydrogen-bond acceptors (Lipinski definition) is 8. The number of benzene rings is 1. The molecule has 1 unspecified atom stereocenters. The van der Waals surface area contributed by atoms with Crippen LogP contribution < -0.4 is 15.4 Å². The molecule has 0 spiro atoms. The normalized spacial score (nSPS) is 18.4. The Hall–Kier alpha value is -3.66. The highest BCUT2D eigenvalue weighted by Crippen LogP contribution is 2.34. The van der Waals surface area contributed by atoms with E-state index in [9.17, 15) is 18.4 Å². The zero-order valence-electron chi connectivity index (χ0n) is 29.8. The van der Waals surface area contributed by atoms with Crippen LogP contribution in [0.3, 0.4) is 0 Å². The molecule has 0 aliphatic carbocycles. The van der Waals surface area contributed by atoms with Crippen LogP contribution in [0.4, 0.5) is 19.0 Å². The van der Waals surface area contributed by atoms with Crippen molar-refractivity contribution in [1.82, 2.24) is 29.7 Å². The molecule has 2 atom stereocenters. The smallest absolute Gasteiger partial charge is 0.392 e. The summed E-state index contributed by atoms with van der Waals surface area (Å²) in [7, 11) is 1.49. The van der Waals surface area contributed by atoms with Gasteiger partial charge in [-0.3, -0.25) is 9.80 Å². The van der Waals surface area contributed by atoms with E-state index in [1.165, 1.54) is 18.2 Å². The molecule has 0 amide bonds. The number of aryl methyl sites for hydroxylation is 2. The van der Waals surface area contributed by atoms with E-state index in [0.29, 0.717) is 40.8 Å². The van der Waals surface area contributed by atoms with Crippen LogP contribution in [0.1, 0.15) is 74.5 Å². The number of nitrogens with zero attached hydrogens (tertiary/aromatic N) is 6. The zero-order chi connectivity index (χ0) is 35.3. The molecule has 2 N–H and O–H groups in total. The molecule has 49 heavy (non-hydrogen) atoms. The molecule has 0 bridgehead atoms. The lowest BCUT2D eigenvalue weighted by Gasteiger charge is -2.33. The van der Waals surface area contributed by atoms with Gasteiger partial charge in [-0.2, -0.15) is 28.4 Å². The predicted molar refractivity (Wildman–Crippen MR) is 189 cm³/mol. The number of methoxy groups -OCH3 is 1. The van der Waals surface area contributed by atoms with E-state index in [0.717, 1.165) is 76.1 Å². The fourth-order valence-corrected chi connectivity index (χ4v) is 7.13. The van der Waals surface area contributed by atoms with Crippen molar-refractivity contribution in [2.45, 2.75) is 91.7 Å². The third-order valence-electron chi connectivity index (χ3n) is 10.4. The van der Waals surface area contributed by atoms with Gasteiger partial charge in [0.05, 0.1) is 19.2 Å². The molecule has 2 aliphatic rings. The van der Waals surface area contributed by atoms with Crippen molar-refractivity contribution >= 4 is 22.8 Å². The van der Waals surface area contributed by atoms with E-state index in [4.69, 9.17) is 4.74 Å². The van der Waals surface area contributed by atoms with Gasteiger partial charge in [0, 0.05) is 80.9 Å². The van der Waals surface area contributed by atoms with Crippen LogP contribution in [-0.4, -0.2) is 89.0 Å². The number of nitrogens with one attached hydrogen (secondary N) is 2. The van der Waals surface area contributed by atoms with Gasteiger partial charge in [-0.05, 0) is 75.3 Å². The van der Waals surface area contributed by atoms with Crippen LogP contribution in [0.2, 0.25) is 0 Å². The highest BCUT2D eigenvalue weighted by Gasteiger charge is 2.31. The van der Waals surface area contributed by atoms with E-state index in [-0.39, 0.29) is 18.0 Å². The molecule has 2 saturated heterocycles. The van der Waals surface area contributed by atoms with E-state index in [1.54, 1.807) is 13.0 Å². The Morgan fingerprint density at radius 1 is 1.14 bits per heavy atom. The maximum absolute atomic E-state index is 13.5. The molecule has 2 aromatic heterocycles. The predicted octanol–water partition coefficient (Wildman–Crippen LogP) is 6.68. The Bertz CT molecular complexity index is 1660. The molecular weight excluding hydrogens is 629 g/mol. The Morgan fingerprint density at radius 3 is 2.49 bits per heavy atom. The Balaban J connectivity index is 1.28. The highest BCUT2D eigenvalue weighted by molar-refractivity contribution is 5.86. The van der Waals surface area contributed by atoms with Crippen molar-refractivity contribution in [3.8, 4) is 12.1 Å². The van der Waals surface area contributed by atoms with Gasteiger partial charge in [0.15, 0.2) is 0 Å². The molecule has 2 aliphatic heterocycles. The lowest BCUT2D eigenvalue weighted by atomic mass is 9.93. The van der Waals surface area contributed by atoms with Gasteiger partial charge in [0.25, 0.3) is 0 Å². The van der Waals surface area contributed by atoms with E-state index in [2.05, 4.69) is 67.0 Å². The minimum atomic E-state index is -4.30. The van der Waals surface area contributed by atoms with Crippen molar-refractivity contribution in [1.29, 1.82) is 5.26 Å². The maximum atomic E-state index is 13.5. The summed E-state index contributed by atoms with van der Waals surface area (Å²) in [4.78, 5) is 13.9. The van der Waals surface area contributed by atoms with Gasteiger partial charge in [-0.1, -0.05) is 25.5 Å². The summed E-state index contributed by atoms with van der Waals surface area (Å²) in [6, 6.07) is 9.48. The van der Waals surface area contributed by atoms with Crippen LogP contribution in [-0.2, 0) is 13.1 Å². The number of halogens is 3. The molecule has 0 saturated carbocycles. The van der Waals surface area contributed by atoms with E-state index >= 15 is 0 Å². The monoisotopic (exact) mass is 680 g/mol. The van der Waals surface area contributed by atoms with Crippen LogP contribution in [0.15, 0.2) is 23.8 Å². The van der Waals surface area contributed by atoms with Crippen LogP contribution in [0.5, 0.6) is 6.01 Å². The first-order chi connectivity index (χ1) is 23.4. The van der Waals surface area contributed by atoms with Crippen molar-refractivity contribution in [3.05, 3.63) is 51.9 Å². The molecule has 9 nitrogen and oxygen atoms in total. The summed E-state index contributed by atoms with van der Waals surface area (Å²) in [5.41, 5.74) is 5.74. The van der Waals surface area contributed by atoms with Gasteiger partial charge in [-0.15, -0.1) is 0 Å². The topological polar surface area (TPSA) is 94.3 Å². The summed E-state index contributed by atoms with van der Waals surface area (Å²) < 4.78 is 48.0. The van der Waals surface area contributed by atoms with Gasteiger partial charge < -0.3 is 19.9 Å². The number of rotatable bonds is 12. The number of likely N-dealkylation sites (tertiary alicyclic amines) is 1. The first-order valence-corrected chi connectivity index (χ1v) is 17.6. The molecule has 3 aromatic rings. The molecule has 2 fully saturated rings. The second-order valence-electron chi connectivity index (χ2n) is 13.7. The standard InChI is InChI=1S/C37H51F3N8O/c1-7-24(2)29(20-37(38,39)40)18-33-27(5)43-36(49-6)45-35(33)44-30-10-14-46(15-11-30)23-28-8-9-34-32(26(28)4)19-31(21-41)48(34)22-25(3)47-16-12-42-13-17-47/h8-9,18-19,24-25,30,42H,7,10-17,20,22-23H2,1-6H3,(H,43,44,45)/b29-18-/t24?,25-/m0/s1. The molecule has 4 heterocycles. The third kappa shape index (κ3) is 8.93. The number of allylic oxidation sites excluding steroid dienone is 1. The maximum Gasteiger partial charge on any atom is 0.392 e. The molecule has 266 valence electrons. The highest BCUT2D eigenvalue weighted by atomic mass is 19.4. The first kappa shape index (κ1) is 36.6. The van der Waals surface area contributed by atoms with Gasteiger partial charge >= 0.3 is 12.2 Å². The minimum absolute atomic E-state index is 0.102. The average molecular weight is 681 g/mol. The Morgan fingerprint density at radius 2 is 1.86 bits per heavy atom. The summed E-state index contributed by atoms with van der Waals surface area (Å²) in [5, 5.41) is 18.1. The lowest BCUT2D eigenvalue weighted by Crippen LogP contribution is -2.48. The number of nitriles is 1. The number of alkyl halides is 3. The molecule has 0 radical (unpaired) electrons. The number of piperazine rings is 1. The number of hydrogen-bond donors (Lipinski definition) is 2. The summed E-state index contributed by atoms with van der Waals surface area (Å²) in [6.45, 7) is 17.2. The fraction of sp³-hybridized carbons (Fsp3) is 0.595. The van der Waals surface area contributed by atoms with Crippen molar-refractivity contribution in [2.24, 2.45) is 5.92 Å². The molecule has 1 aromatic carbocycles. The molecule has 12 heteroatoms. The SMILES string of the molecule is CCC(C)/C(=C\c1c(C)nc(OC)nc1NC1CCN(Cc2ccc3c(cc(C#N)n3C[C@H](C)N3CCNCC3)c2C)CC1)CC(F)(F)F. The second kappa shape index (κ2) is 15.9. The zero-order valence-corrected chi connectivity index (χ0v) is 29.8. The Kier molecular flexibility index (Phi) is 11.9.